The zero-order chi connectivity index (χ0) is 10.7. The fourth-order valence-corrected chi connectivity index (χ4v) is 1.32. The summed E-state index contributed by atoms with van der Waals surface area (Å²) in [6, 6.07) is 3.50. The van der Waals surface area contributed by atoms with Crippen molar-refractivity contribution in [2.45, 2.75) is 13.5 Å². The third kappa shape index (κ3) is 1.93. The van der Waals surface area contributed by atoms with E-state index in [9.17, 15) is 4.79 Å². The molecule has 4 heteroatoms. The molecule has 2 rings (SSSR count). The van der Waals surface area contributed by atoms with Crippen LogP contribution in [-0.2, 0) is 6.54 Å². The third-order valence-electron chi connectivity index (χ3n) is 2.14. The van der Waals surface area contributed by atoms with Crippen LogP contribution in [0.25, 0.3) is 0 Å². The van der Waals surface area contributed by atoms with Gasteiger partial charge >= 0.3 is 0 Å². The van der Waals surface area contributed by atoms with Crippen LogP contribution < -0.4 is 0 Å². The second kappa shape index (κ2) is 4.04. The zero-order valence-electron chi connectivity index (χ0n) is 8.42. The summed E-state index contributed by atoms with van der Waals surface area (Å²) in [5.74, 6) is -0.0391. The monoisotopic (exact) mass is 201 g/mol. The Kier molecular flexibility index (Phi) is 2.58. The third-order valence-corrected chi connectivity index (χ3v) is 2.14. The lowest BCUT2D eigenvalue weighted by Gasteiger charge is -1.95. The molecule has 4 nitrogen and oxygen atoms in total. The Morgan fingerprint density at radius 2 is 2.27 bits per heavy atom. The van der Waals surface area contributed by atoms with Gasteiger partial charge in [-0.1, -0.05) is 0 Å². The molecule has 0 atom stereocenters. The first-order valence-corrected chi connectivity index (χ1v) is 4.78. The minimum atomic E-state index is -0.0391. The number of carbonyl (C=O) groups is 1. The summed E-state index contributed by atoms with van der Waals surface area (Å²) < 4.78 is 1.73. The first-order valence-electron chi connectivity index (χ1n) is 4.78. The normalized spacial score (nSPS) is 10.2. The molecule has 2 aromatic heterocycles. The molecule has 0 amide bonds. The molecular formula is C11H11N3O. The lowest BCUT2D eigenvalue weighted by molar-refractivity contribution is 0.103. The molecule has 0 saturated carbocycles. The van der Waals surface area contributed by atoms with E-state index in [1.54, 1.807) is 41.6 Å². The highest BCUT2D eigenvalue weighted by Crippen LogP contribution is 2.07. The van der Waals surface area contributed by atoms with Gasteiger partial charge in [0.2, 0.25) is 0 Å². The Morgan fingerprint density at radius 1 is 1.40 bits per heavy atom. The van der Waals surface area contributed by atoms with Gasteiger partial charge in [-0.2, -0.15) is 5.10 Å². The molecule has 76 valence electrons. The number of nitrogens with zero attached hydrogens (tertiary/aromatic N) is 3. The second-order valence-electron chi connectivity index (χ2n) is 3.16. The molecule has 2 heterocycles. The van der Waals surface area contributed by atoms with E-state index < -0.39 is 0 Å². The smallest absolute Gasteiger partial charge is 0.197 e. The average Bonchev–Trinajstić information content (AvgIpc) is 2.78. The number of ketones is 1. The molecule has 0 bridgehead atoms. The Hall–Kier alpha value is -1.97. The first-order chi connectivity index (χ1) is 7.31. The summed E-state index contributed by atoms with van der Waals surface area (Å²) in [5, 5.41) is 4.06. The predicted molar refractivity (Wildman–Crippen MR) is 55.6 cm³/mol. The molecule has 0 unspecified atom stereocenters. The van der Waals surface area contributed by atoms with Crippen molar-refractivity contribution in [1.29, 1.82) is 0 Å². The van der Waals surface area contributed by atoms with Crippen LogP contribution in [-0.4, -0.2) is 20.5 Å². The predicted octanol–water partition coefficient (Wildman–Crippen LogP) is 1.53. The van der Waals surface area contributed by atoms with Gasteiger partial charge in [0.05, 0.1) is 11.8 Å². The molecule has 0 fully saturated rings. The van der Waals surface area contributed by atoms with Crippen molar-refractivity contribution in [3.05, 3.63) is 48.0 Å². The number of pyridine rings is 1. The van der Waals surface area contributed by atoms with E-state index in [-0.39, 0.29) is 5.78 Å². The van der Waals surface area contributed by atoms with Crippen LogP contribution in [0.5, 0.6) is 0 Å². The summed E-state index contributed by atoms with van der Waals surface area (Å²) >= 11 is 0. The number of aromatic nitrogens is 3. The molecule has 2 aromatic rings. The molecule has 0 aliphatic heterocycles. The number of hydrogen-bond donors (Lipinski definition) is 0. The summed E-state index contributed by atoms with van der Waals surface area (Å²) in [5.41, 5.74) is 1.19. The molecule has 0 radical (unpaired) electrons. The van der Waals surface area contributed by atoms with Gasteiger partial charge in [0.1, 0.15) is 0 Å². The molecule has 0 saturated heterocycles. The van der Waals surface area contributed by atoms with E-state index in [0.29, 0.717) is 11.1 Å². The van der Waals surface area contributed by atoms with Crippen LogP contribution in [0.3, 0.4) is 0 Å². The SMILES string of the molecule is CCn1cc(C(=O)c2cccnc2)cn1. The van der Waals surface area contributed by atoms with Crippen molar-refractivity contribution >= 4 is 5.78 Å². The van der Waals surface area contributed by atoms with E-state index in [1.165, 1.54) is 0 Å². The van der Waals surface area contributed by atoms with Gasteiger partial charge in [-0.05, 0) is 19.1 Å². The van der Waals surface area contributed by atoms with Gasteiger partial charge in [-0.25, -0.2) is 0 Å². The van der Waals surface area contributed by atoms with Gasteiger partial charge in [0.15, 0.2) is 5.78 Å². The maximum atomic E-state index is 11.9. The Bertz CT molecular complexity index is 462. The lowest BCUT2D eigenvalue weighted by atomic mass is 10.1. The highest BCUT2D eigenvalue weighted by Gasteiger charge is 2.10. The molecular weight excluding hydrogens is 190 g/mol. The van der Waals surface area contributed by atoms with Gasteiger partial charge in [0, 0.05) is 30.7 Å². The van der Waals surface area contributed by atoms with Crippen LogP contribution >= 0.6 is 0 Å². The summed E-state index contributed by atoms with van der Waals surface area (Å²) in [4.78, 5) is 15.8. The highest BCUT2D eigenvalue weighted by atomic mass is 16.1. The van der Waals surface area contributed by atoms with Crippen molar-refractivity contribution in [3.63, 3.8) is 0 Å². The van der Waals surface area contributed by atoms with E-state index in [2.05, 4.69) is 10.1 Å². The van der Waals surface area contributed by atoms with Crippen molar-refractivity contribution in [2.75, 3.05) is 0 Å². The number of rotatable bonds is 3. The van der Waals surface area contributed by atoms with Crippen molar-refractivity contribution < 1.29 is 4.79 Å². The van der Waals surface area contributed by atoms with Gasteiger partial charge in [-0.3, -0.25) is 14.5 Å². The molecule has 0 spiro atoms. The summed E-state index contributed by atoms with van der Waals surface area (Å²) in [7, 11) is 0. The van der Waals surface area contributed by atoms with E-state index in [4.69, 9.17) is 0 Å². The largest absolute Gasteiger partial charge is 0.288 e. The van der Waals surface area contributed by atoms with Crippen LogP contribution in [0.4, 0.5) is 0 Å². The van der Waals surface area contributed by atoms with Gasteiger partial charge in [-0.15, -0.1) is 0 Å². The zero-order valence-corrected chi connectivity index (χ0v) is 8.42. The number of carbonyl (C=O) groups excluding carboxylic acids is 1. The highest BCUT2D eigenvalue weighted by molar-refractivity contribution is 6.08. The van der Waals surface area contributed by atoms with Crippen molar-refractivity contribution in [2.24, 2.45) is 0 Å². The van der Waals surface area contributed by atoms with E-state index in [0.717, 1.165) is 6.54 Å². The van der Waals surface area contributed by atoms with E-state index >= 15 is 0 Å². The van der Waals surface area contributed by atoms with Gasteiger partial charge < -0.3 is 0 Å². The van der Waals surface area contributed by atoms with Crippen LogP contribution in [0.1, 0.15) is 22.8 Å². The molecule has 0 aliphatic carbocycles. The fourth-order valence-electron chi connectivity index (χ4n) is 1.32. The van der Waals surface area contributed by atoms with Crippen LogP contribution in [0, 0.1) is 0 Å². The summed E-state index contributed by atoms with van der Waals surface area (Å²) in [6.07, 6.45) is 6.53. The second-order valence-corrected chi connectivity index (χ2v) is 3.16. The topological polar surface area (TPSA) is 47.8 Å². The average molecular weight is 201 g/mol. The fraction of sp³-hybridized carbons (Fsp3) is 0.182. The first kappa shape index (κ1) is 9.58. The maximum absolute atomic E-state index is 11.9. The van der Waals surface area contributed by atoms with Crippen LogP contribution in [0.2, 0.25) is 0 Å². The van der Waals surface area contributed by atoms with Crippen molar-refractivity contribution in [3.8, 4) is 0 Å². The lowest BCUT2D eigenvalue weighted by Crippen LogP contribution is -2.00. The Morgan fingerprint density at radius 3 is 2.87 bits per heavy atom. The Balaban J connectivity index is 2.29. The van der Waals surface area contributed by atoms with Gasteiger partial charge in [0.25, 0.3) is 0 Å². The summed E-state index contributed by atoms with van der Waals surface area (Å²) in [6.45, 7) is 2.74. The van der Waals surface area contributed by atoms with Crippen molar-refractivity contribution in [1.82, 2.24) is 14.8 Å². The molecule has 0 N–H and O–H groups in total. The number of hydrogen-bond acceptors (Lipinski definition) is 3. The molecule has 15 heavy (non-hydrogen) atoms. The standard InChI is InChI=1S/C11H11N3O/c1-2-14-8-10(7-13-14)11(15)9-4-3-5-12-6-9/h3-8H,2H2,1H3. The minimum absolute atomic E-state index is 0.0391. The number of aryl methyl sites for hydroxylation is 1. The maximum Gasteiger partial charge on any atom is 0.197 e. The molecule has 0 aromatic carbocycles. The quantitative estimate of drug-likeness (QED) is 0.707. The molecule has 0 aliphatic rings. The van der Waals surface area contributed by atoms with Crippen LogP contribution in [0.15, 0.2) is 36.9 Å². The van der Waals surface area contributed by atoms with E-state index in [1.807, 2.05) is 6.92 Å². The Labute approximate surface area is 87.6 Å². The minimum Gasteiger partial charge on any atom is -0.288 e.